The maximum absolute atomic E-state index is 11.0. The largest absolute Gasteiger partial charge is 0.478 e. The lowest BCUT2D eigenvalue weighted by Gasteiger charge is -2.05. The van der Waals surface area contributed by atoms with Gasteiger partial charge in [0.15, 0.2) is 0 Å². The number of hydrogen-bond donors (Lipinski definition) is 1. The molecule has 0 saturated heterocycles. The minimum absolute atomic E-state index is 0.189. The summed E-state index contributed by atoms with van der Waals surface area (Å²) in [5, 5.41) is 9.94. The third-order valence-corrected chi connectivity index (χ3v) is 2.59. The Morgan fingerprint density at radius 1 is 1.40 bits per heavy atom. The molecule has 0 spiro atoms. The van der Waals surface area contributed by atoms with Crippen LogP contribution in [0.2, 0.25) is 5.02 Å². The lowest BCUT2D eigenvalue weighted by molar-refractivity contribution is 0.0699. The van der Waals surface area contributed by atoms with Gasteiger partial charge in [-0.15, -0.1) is 0 Å². The third kappa shape index (κ3) is 1.55. The molecular weight excluding hydrogens is 214 g/mol. The SMILES string of the molecule is Cc1ccc(Cl)c2c(C(=O)O)ccnc12. The van der Waals surface area contributed by atoms with Crippen molar-refractivity contribution in [2.75, 3.05) is 0 Å². The van der Waals surface area contributed by atoms with Crippen molar-refractivity contribution in [1.82, 2.24) is 4.98 Å². The molecule has 1 aromatic heterocycles. The molecule has 0 unspecified atom stereocenters. The van der Waals surface area contributed by atoms with Gasteiger partial charge in [0.1, 0.15) is 0 Å². The molecule has 2 rings (SSSR count). The Bertz CT molecular complexity index is 552. The van der Waals surface area contributed by atoms with Crippen molar-refractivity contribution in [1.29, 1.82) is 0 Å². The molecule has 4 heteroatoms. The molecule has 0 fully saturated rings. The number of halogens is 1. The number of aryl methyl sites for hydroxylation is 1. The Labute approximate surface area is 91.3 Å². The van der Waals surface area contributed by atoms with E-state index in [4.69, 9.17) is 16.7 Å². The van der Waals surface area contributed by atoms with E-state index in [9.17, 15) is 4.79 Å². The number of rotatable bonds is 1. The van der Waals surface area contributed by atoms with Gasteiger partial charge in [0, 0.05) is 11.6 Å². The van der Waals surface area contributed by atoms with Gasteiger partial charge < -0.3 is 5.11 Å². The molecule has 0 atom stereocenters. The molecule has 1 N–H and O–H groups in total. The van der Waals surface area contributed by atoms with E-state index in [1.54, 1.807) is 6.07 Å². The van der Waals surface area contributed by atoms with Gasteiger partial charge in [0.05, 0.1) is 16.1 Å². The molecule has 0 aliphatic carbocycles. The summed E-state index contributed by atoms with van der Waals surface area (Å²) in [6.07, 6.45) is 1.48. The second kappa shape index (κ2) is 3.51. The standard InChI is InChI=1S/C11H8ClNO2/c1-6-2-3-8(12)9-7(11(14)15)4-5-13-10(6)9/h2-5H,1H3,(H,14,15). The maximum Gasteiger partial charge on any atom is 0.336 e. The summed E-state index contributed by atoms with van der Waals surface area (Å²) in [6, 6.07) is 4.96. The van der Waals surface area contributed by atoms with Crippen LogP contribution < -0.4 is 0 Å². The number of nitrogens with zero attached hydrogens (tertiary/aromatic N) is 1. The molecule has 3 nitrogen and oxygen atoms in total. The molecular formula is C11H8ClNO2. The predicted octanol–water partition coefficient (Wildman–Crippen LogP) is 2.89. The van der Waals surface area contributed by atoms with Crippen molar-refractivity contribution in [3.05, 3.63) is 40.5 Å². The molecule has 0 radical (unpaired) electrons. The molecule has 0 aliphatic heterocycles. The number of hydrogen-bond acceptors (Lipinski definition) is 2. The number of carboxylic acids is 1. The first-order valence-electron chi connectivity index (χ1n) is 4.38. The zero-order chi connectivity index (χ0) is 11.0. The van der Waals surface area contributed by atoms with Crippen LogP contribution in [0.15, 0.2) is 24.4 Å². The van der Waals surface area contributed by atoms with Gasteiger partial charge in [-0.25, -0.2) is 4.79 Å². The zero-order valence-electron chi connectivity index (χ0n) is 7.99. The van der Waals surface area contributed by atoms with Gasteiger partial charge >= 0.3 is 5.97 Å². The van der Waals surface area contributed by atoms with Crippen molar-refractivity contribution < 1.29 is 9.90 Å². The number of aromatic nitrogens is 1. The van der Waals surface area contributed by atoms with E-state index in [1.165, 1.54) is 12.3 Å². The van der Waals surface area contributed by atoms with Crippen LogP contribution in [-0.4, -0.2) is 16.1 Å². The quantitative estimate of drug-likeness (QED) is 0.806. The van der Waals surface area contributed by atoms with E-state index in [0.717, 1.165) is 5.56 Å². The highest BCUT2D eigenvalue weighted by Crippen LogP contribution is 2.27. The smallest absolute Gasteiger partial charge is 0.336 e. The highest BCUT2D eigenvalue weighted by molar-refractivity contribution is 6.36. The van der Waals surface area contributed by atoms with E-state index < -0.39 is 5.97 Å². The Hall–Kier alpha value is -1.61. The lowest BCUT2D eigenvalue weighted by atomic mass is 10.1. The average Bonchev–Trinajstić information content (AvgIpc) is 2.23. The fourth-order valence-electron chi connectivity index (χ4n) is 1.54. The summed E-state index contributed by atoms with van der Waals surface area (Å²) in [5.74, 6) is -0.991. The Morgan fingerprint density at radius 3 is 2.80 bits per heavy atom. The first-order chi connectivity index (χ1) is 7.11. The molecule has 1 aromatic carbocycles. The van der Waals surface area contributed by atoms with Crippen LogP contribution in [0, 0.1) is 6.92 Å². The Kier molecular flexibility index (Phi) is 2.32. The van der Waals surface area contributed by atoms with Crippen molar-refractivity contribution in [3.8, 4) is 0 Å². The minimum Gasteiger partial charge on any atom is -0.478 e. The second-order valence-electron chi connectivity index (χ2n) is 3.25. The van der Waals surface area contributed by atoms with Gasteiger partial charge in [-0.1, -0.05) is 17.7 Å². The Morgan fingerprint density at radius 2 is 2.13 bits per heavy atom. The molecule has 2 aromatic rings. The highest BCUT2D eigenvalue weighted by atomic mass is 35.5. The highest BCUT2D eigenvalue weighted by Gasteiger charge is 2.12. The number of pyridine rings is 1. The van der Waals surface area contributed by atoms with Crippen LogP contribution in [0.4, 0.5) is 0 Å². The Balaban J connectivity index is 2.96. The minimum atomic E-state index is -0.991. The normalized spacial score (nSPS) is 10.5. The van der Waals surface area contributed by atoms with E-state index in [-0.39, 0.29) is 5.56 Å². The monoisotopic (exact) mass is 221 g/mol. The molecule has 0 amide bonds. The van der Waals surface area contributed by atoms with E-state index in [2.05, 4.69) is 4.98 Å². The summed E-state index contributed by atoms with van der Waals surface area (Å²) >= 11 is 5.97. The summed E-state index contributed by atoms with van der Waals surface area (Å²) in [7, 11) is 0. The molecule has 15 heavy (non-hydrogen) atoms. The fourth-order valence-corrected chi connectivity index (χ4v) is 1.80. The molecule has 1 heterocycles. The zero-order valence-corrected chi connectivity index (χ0v) is 8.75. The van der Waals surface area contributed by atoms with E-state index in [0.29, 0.717) is 15.9 Å². The number of benzene rings is 1. The predicted molar refractivity (Wildman–Crippen MR) is 58.4 cm³/mol. The third-order valence-electron chi connectivity index (χ3n) is 2.27. The van der Waals surface area contributed by atoms with Gasteiger partial charge in [0.25, 0.3) is 0 Å². The first-order valence-corrected chi connectivity index (χ1v) is 4.76. The molecule has 0 bridgehead atoms. The van der Waals surface area contributed by atoms with Crippen LogP contribution in [0.3, 0.4) is 0 Å². The van der Waals surface area contributed by atoms with Gasteiger partial charge in [0.2, 0.25) is 0 Å². The number of fused-ring (bicyclic) bond motifs is 1. The van der Waals surface area contributed by atoms with E-state index in [1.807, 2.05) is 13.0 Å². The molecule has 76 valence electrons. The van der Waals surface area contributed by atoms with Gasteiger partial charge in [-0.3, -0.25) is 4.98 Å². The topological polar surface area (TPSA) is 50.2 Å². The molecule has 0 aliphatic rings. The first kappa shape index (κ1) is 9.93. The number of carbonyl (C=O) groups is 1. The van der Waals surface area contributed by atoms with Crippen LogP contribution in [0.25, 0.3) is 10.9 Å². The summed E-state index contributed by atoms with van der Waals surface area (Å²) < 4.78 is 0. The lowest BCUT2D eigenvalue weighted by Crippen LogP contribution is -1.99. The van der Waals surface area contributed by atoms with Gasteiger partial charge in [-0.05, 0) is 24.6 Å². The van der Waals surface area contributed by atoms with Crippen molar-refractivity contribution in [3.63, 3.8) is 0 Å². The second-order valence-corrected chi connectivity index (χ2v) is 3.66. The summed E-state index contributed by atoms with van der Waals surface area (Å²) in [4.78, 5) is 15.1. The summed E-state index contributed by atoms with van der Waals surface area (Å²) in [6.45, 7) is 1.87. The van der Waals surface area contributed by atoms with Crippen LogP contribution in [0.1, 0.15) is 15.9 Å². The van der Waals surface area contributed by atoms with Crippen molar-refractivity contribution in [2.45, 2.75) is 6.92 Å². The van der Waals surface area contributed by atoms with E-state index >= 15 is 0 Å². The molecule has 0 saturated carbocycles. The number of aromatic carboxylic acids is 1. The van der Waals surface area contributed by atoms with Crippen LogP contribution in [0.5, 0.6) is 0 Å². The van der Waals surface area contributed by atoms with Crippen molar-refractivity contribution in [2.24, 2.45) is 0 Å². The van der Waals surface area contributed by atoms with Crippen LogP contribution >= 0.6 is 11.6 Å². The fraction of sp³-hybridized carbons (Fsp3) is 0.0909. The maximum atomic E-state index is 11.0. The van der Waals surface area contributed by atoms with Crippen LogP contribution in [-0.2, 0) is 0 Å². The summed E-state index contributed by atoms with van der Waals surface area (Å²) in [5.41, 5.74) is 1.74. The number of carboxylic acid groups (broad SMARTS) is 1. The van der Waals surface area contributed by atoms with Crippen molar-refractivity contribution >= 4 is 28.5 Å². The van der Waals surface area contributed by atoms with Gasteiger partial charge in [-0.2, -0.15) is 0 Å². The average molecular weight is 222 g/mol.